The molecule has 4 rings (SSSR count). The molecule has 2 atom stereocenters. The van der Waals surface area contributed by atoms with Gasteiger partial charge in [-0.1, -0.05) is 17.9 Å². The first-order valence-corrected chi connectivity index (χ1v) is 8.24. The van der Waals surface area contributed by atoms with Gasteiger partial charge in [-0.2, -0.15) is 0 Å². The number of imide groups is 1. The van der Waals surface area contributed by atoms with Crippen LogP contribution in [0.15, 0.2) is 18.2 Å². The number of hydrogen-bond donors (Lipinski definition) is 3. The van der Waals surface area contributed by atoms with Crippen molar-refractivity contribution in [2.75, 3.05) is 13.1 Å². The van der Waals surface area contributed by atoms with Gasteiger partial charge in [-0.05, 0) is 29.7 Å². The van der Waals surface area contributed by atoms with Gasteiger partial charge in [-0.25, -0.2) is 0 Å². The molecule has 6 nitrogen and oxygen atoms in total. The normalized spacial score (nSPS) is 27.0. The van der Waals surface area contributed by atoms with Crippen LogP contribution in [0.25, 0.3) is 0 Å². The smallest absolute Gasteiger partial charge is 0.244 e. The minimum absolute atomic E-state index is 0.245. The molecule has 1 aromatic carbocycles. The van der Waals surface area contributed by atoms with Gasteiger partial charge in [0, 0.05) is 37.5 Å². The lowest BCUT2D eigenvalue weighted by Crippen LogP contribution is -2.51. The zero-order valence-corrected chi connectivity index (χ0v) is 13.2. The van der Waals surface area contributed by atoms with Crippen molar-refractivity contribution in [1.29, 1.82) is 0 Å². The molecular formula is C18H19N3O3. The summed E-state index contributed by atoms with van der Waals surface area (Å²) in [7, 11) is 0. The number of piperidine rings is 1. The number of fused-ring (bicyclic) bond motifs is 1. The lowest BCUT2D eigenvalue weighted by molar-refractivity contribution is -0.141. The van der Waals surface area contributed by atoms with E-state index in [2.05, 4.69) is 22.5 Å². The summed E-state index contributed by atoms with van der Waals surface area (Å²) in [6.07, 6.45) is -0.0686. The minimum Gasteiger partial charge on any atom is -0.374 e. The lowest BCUT2D eigenvalue weighted by atomic mass is 10.0. The summed E-state index contributed by atoms with van der Waals surface area (Å²) in [4.78, 5) is 25.1. The van der Waals surface area contributed by atoms with E-state index in [9.17, 15) is 14.7 Å². The minimum atomic E-state index is -0.818. The van der Waals surface area contributed by atoms with Crippen molar-refractivity contribution in [1.82, 2.24) is 15.5 Å². The lowest BCUT2D eigenvalue weighted by Gasteiger charge is -2.31. The molecule has 0 spiro atoms. The standard InChI is InChI=1S/C18H19N3O3/c22-16-6-5-15(17(23)20-16)21-10-13-7-11(1-2-12-8-19-9-12)3-4-14(13)18(21)24/h3-4,7,12,15,18-19,24H,5-6,8-10H2,(H,20,22,23). The van der Waals surface area contributed by atoms with E-state index in [1.54, 1.807) is 4.90 Å². The molecule has 0 aromatic heterocycles. The van der Waals surface area contributed by atoms with E-state index in [0.717, 1.165) is 29.8 Å². The van der Waals surface area contributed by atoms with Crippen LogP contribution < -0.4 is 10.6 Å². The Morgan fingerprint density at radius 3 is 2.79 bits per heavy atom. The van der Waals surface area contributed by atoms with Crippen molar-refractivity contribution >= 4 is 11.8 Å². The molecule has 2 unspecified atom stereocenters. The fourth-order valence-corrected chi connectivity index (χ4v) is 3.39. The third-order valence-electron chi connectivity index (χ3n) is 4.90. The summed E-state index contributed by atoms with van der Waals surface area (Å²) in [6.45, 7) is 2.38. The molecule has 0 saturated carbocycles. The molecule has 124 valence electrons. The van der Waals surface area contributed by atoms with Gasteiger partial charge in [0.15, 0.2) is 0 Å². The fraction of sp³-hybridized carbons (Fsp3) is 0.444. The SMILES string of the molecule is O=C1CCC(N2Cc3cc(C#CC4CNC4)ccc3C2O)C(=O)N1. The van der Waals surface area contributed by atoms with E-state index in [4.69, 9.17) is 0 Å². The summed E-state index contributed by atoms with van der Waals surface area (Å²) in [6, 6.07) is 5.31. The Hall–Kier alpha value is -2.20. The molecule has 3 aliphatic heterocycles. The van der Waals surface area contributed by atoms with Crippen LogP contribution in [-0.4, -0.2) is 41.0 Å². The van der Waals surface area contributed by atoms with Gasteiger partial charge in [0.1, 0.15) is 6.23 Å². The average Bonchev–Trinajstić information content (AvgIpc) is 2.82. The van der Waals surface area contributed by atoms with E-state index >= 15 is 0 Å². The third kappa shape index (κ3) is 2.71. The maximum atomic E-state index is 12.1. The van der Waals surface area contributed by atoms with E-state index in [1.807, 2.05) is 18.2 Å². The zero-order chi connectivity index (χ0) is 16.7. The zero-order valence-electron chi connectivity index (χ0n) is 13.2. The Morgan fingerprint density at radius 1 is 1.25 bits per heavy atom. The van der Waals surface area contributed by atoms with Crippen molar-refractivity contribution in [3.05, 3.63) is 34.9 Å². The highest BCUT2D eigenvalue weighted by Crippen LogP contribution is 2.35. The number of nitrogens with one attached hydrogen (secondary N) is 2. The highest BCUT2D eigenvalue weighted by Gasteiger charge is 2.39. The summed E-state index contributed by atoms with van der Waals surface area (Å²) < 4.78 is 0. The largest absolute Gasteiger partial charge is 0.374 e. The van der Waals surface area contributed by atoms with Crippen molar-refractivity contribution in [3.8, 4) is 11.8 Å². The van der Waals surface area contributed by atoms with Crippen molar-refractivity contribution in [2.45, 2.75) is 31.7 Å². The predicted octanol–water partition coefficient (Wildman–Crippen LogP) is -0.131. The molecule has 2 fully saturated rings. The monoisotopic (exact) mass is 325 g/mol. The number of aliphatic hydroxyl groups is 1. The summed E-state index contributed by atoms with van der Waals surface area (Å²) in [5.74, 6) is 6.27. The molecule has 3 N–H and O–H groups in total. The summed E-state index contributed by atoms with van der Waals surface area (Å²) >= 11 is 0. The van der Waals surface area contributed by atoms with Crippen molar-refractivity contribution < 1.29 is 14.7 Å². The number of aliphatic hydroxyl groups excluding tert-OH is 1. The van der Waals surface area contributed by atoms with Crippen LogP contribution >= 0.6 is 0 Å². The first-order chi connectivity index (χ1) is 11.6. The molecule has 0 aliphatic carbocycles. The molecule has 2 saturated heterocycles. The Kier molecular flexibility index (Phi) is 3.85. The summed E-state index contributed by atoms with van der Waals surface area (Å²) in [5.41, 5.74) is 2.74. The molecule has 0 radical (unpaired) electrons. The number of nitrogens with zero attached hydrogens (tertiary/aromatic N) is 1. The second-order valence-corrected chi connectivity index (χ2v) is 6.55. The van der Waals surface area contributed by atoms with Gasteiger partial charge in [0.2, 0.25) is 11.8 Å². The number of carbonyl (C=O) groups excluding carboxylic acids is 2. The number of carbonyl (C=O) groups is 2. The van der Waals surface area contributed by atoms with Gasteiger partial charge in [-0.15, -0.1) is 0 Å². The van der Waals surface area contributed by atoms with Crippen LogP contribution in [0.3, 0.4) is 0 Å². The topological polar surface area (TPSA) is 81.7 Å². The van der Waals surface area contributed by atoms with Crippen molar-refractivity contribution in [2.24, 2.45) is 5.92 Å². The highest BCUT2D eigenvalue weighted by atomic mass is 16.3. The first-order valence-electron chi connectivity index (χ1n) is 8.24. The van der Waals surface area contributed by atoms with E-state index in [-0.39, 0.29) is 11.8 Å². The molecule has 3 heterocycles. The molecule has 24 heavy (non-hydrogen) atoms. The van der Waals surface area contributed by atoms with Gasteiger partial charge in [-0.3, -0.25) is 19.8 Å². The first kappa shape index (κ1) is 15.3. The average molecular weight is 325 g/mol. The van der Waals surface area contributed by atoms with Crippen LogP contribution in [0.4, 0.5) is 0 Å². The van der Waals surface area contributed by atoms with Gasteiger partial charge in [0.25, 0.3) is 0 Å². The molecule has 3 aliphatic rings. The van der Waals surface area contributed by atoms with E-state index in [0.29, 0.717) is 25.3 Å². The van der Waals surface area contributed by atoms with Gasteiger partial charge >= 0.3 is 0 Å². The second-order valence-electron chi connectivity index (χ2n) is 6.55. The number of rotatable bonds is 1. The quantitative estimate of drug-likeness (QED) is 0.495. The van der Waals surface area contributed by atoms with E-state index < -0.39 is 12.3 Å². The van der Waals surface area contributed by atoms with Crippen LogP contribution in [-0.2, 0) is 16.1 Å². The van der Waals surface area contributed by atoms with Crippen LogP contribution in [0.5, 0.6) is 0 Å². The second kappa shape index (κ2) is 6.02. The third-order valence-corrected chi connectivity index (χ3v) is 4.90. The maximum absolute atomic E-state index is 12.1. The van der Waals surface area contributed by atoms with Gasteiger partial charge < -0.3 is 10.4 Å². The predicted molar refractivity (Wildman–Crippen MR) is 86.4 cm³/mol. The number of benzene rings is 1. The van der Waals surface area contributed by atoms with E-state index in [1.165, 1.54) is 0 Å². The molecule has 1 aromatic rings. The Balaban J connectivity index is 1.53. The molecule has 6 heteroatoms. The molecular weight excluding hydrogens is 306 g/mol. The van der Waals surface area contributed by atoms with Crippen LogP contribution in [0.2, 0.25) is 0 Å². The van der Waals surface area contributed by atoms with Crippen molar-refractivity contribution in [3.63, 3.8) is 0 Å². The van der Waals surface area contributed by atoms with Crippen LogP contribution in [0, 0.1) is 17.8 Å². The maximum Gasteiger partial charge on any atom is 0.244 e. The number of amides is 2. The molecule has 2 amide bonds. The summed E-state index contributed by atoms with van der Waals surface area (Å²) in [5, 5.41) is 16.1. The Labute approximate surface area is 140 Å². The molecule has 0 bridgehead atoms. The highest BCUT2D eigenvalue weighted by molar-refractivity contribution is 6.00. The Morgan fingerprint density at radius 2 is 2.08 bits per heavy atom. The van der Waals surface area contributed by atoms with Gasteiger partial charge in [0.05, 0.1) is 6.04 Å². The number of hydrogen-bond acceptors (Lipinski definition) is 5. The Bertz CT molecular complexity index is 761. The van der Waals surface area contributed by atoms with Crippen LogP contribution in [0.1, 0.15) is 35.8 Å². The fourth-order valence-electron chi connectivity index (χ4n) is 3.39.